The van der Waals surface area contributed by atoms with Crippen LogP contribution in [0.15, 0.2) is 47.5 Å². The summed E-state index contributed by atoms with van der Waals surface area (Å²) in [5, 5.41) is 5.88. The number of amides is 1. The fourth-order valence-electron chi connectivity index (χ4n) is 3.96. The number of hydrogen-bond donors (Lipinski definition) is 2. The van der Waals surface area contributed by atoms with Crippen LogP contribution in [0.1, 0.15) is 31.9 Å². The van der Waals surface area contributed by atoms with Gasteiger partial charge in [-0.2, -0.15) is 4.98 Å². The number of anilines is 4. The van der Waals surface area contributed by atoms with Crippen LogP contribution in [0.4, 0.5) is 23.1 Å². The van der Waals surface area contributed by atoms with E-state index in [4.69, 9.17) is 16.3 Å². The monoisotopic (exact) mass is 529 g/mol. The molecule has 1 aromatic heterocycles. The molecule has 0 spiro atoms. The number of methoxy groups -OCH3 is 1. The number of aromatic nitrogens is 2. The fourth-order valence-corrected chi connectivity index (χ4v) is 5.30. The number of benzene rings is 2. The average Bonchev–Trinajstić information content (AvgIpc) is 2.85. The lowest BCUT2D eigenvalue weighted by atomic mass is 9.98. The number of halogens is 1. The van der Waals surface area contributed by atoms with Crippen LogP contribution >= 0.6 is 11.6 Å². The van der Waals surface area contributed by atoms with Crippen LogP contribution in [0.3, 0.4) is 0 Å². The van der Waals surface area contributed by atoms with Gasteiger partial charge in [0.1, 0.15) is 10.8 Å². The smallest absolute Gasteiger partial charge is 0.229 e. The molecule has 1 aliphatic rings. The molecule has 0 unspecified atom stereocenters. The van der Waals surface area contributed by atoms with Crippen LogP contribution in [-0.4, -0.2) is 48.1 Å². The van der Waals surface area contributed by atoms with E-state index in [9.17, 15) is 13.2 Å². The first-order valence-corrected chi connectivity index (χ1v) is 13.4. The third kappa shape index (κ3) is 5.24. The van der Waals surface area contributed by atoms with Crippen molar-refractivity contribution in [2.24, 2.45) is 0 Å². The number of sulfone groups is 1. The maximum atomic E-state index is 12.8. The molecule has 0 saturated heterocycles. The lowest BCUT2D eigenvalue weighted by Gasteiger charge is -2.29. The first kappa shape index (κ1) is 25.7. The van der Waals surface area contributed by atoms with Gasteiger partial charge < -0.3 is 20.3 Å². The van der Waals surface area contributed by atoms with E-state index >= 15 is 0 Å². The molecular formula is C25H28ClN5O4S. The molecule has 0 bridgehead atoms. The van der Waals surface area contributed by atoms with Gasteiger partial charge in [-0.3, -0.25) is 4.79 Å². The quantitative estimate of drug-likeness (QED) is 0.452. The lowest BCUT2D eigenvalue weighted by molar-refractivity contribution is -0.129. The summed E-state index contributed by atoms with van der Waals surface area (Å²) in [4.78, 5) is 22.5. The Bertz CT molecular complexity index is 1410. The summed E-state index contributed by atoms with van der Waals surface area (Å²) in [6, 6.07) is 10.5. The zero-order chi connectivity index (χ0) is 26.0. The molecule has 2 heterocycles. The number of carbonyl (C=O) groups excluding carboxylic acids is 1. The van der Waals surface area contributed by atoms with Crippen molar-refractivity contribution in [1.29, 1.82) is 0 Å². The Morgan fingerprint density at radius 3 is 2.58 bits per heavy atom. The van der Waals surface area contributed by atoms with Crippen molar-refractivity contribution in [3.8, 4) is 5.75 Å². The van der Waals surface area contributed by atoms with E-state index in [2.05, 4.69) is 20.6 Å². The van der Waals surface area contributed by atoms with E-state index in [0.29, 0.717) is 30.2 Å². The molecular weight excluding hydrogens is 502 g/mol. The van der Waals surface area contributed by atoms with E-state index in [1.807, 2.05) is 12.1 Å². The summed E-state index contributed by atoms with van der Waals surface area (Å²) in [6.07, 6.45) is 2.16. The molecule has 9 nitrogen and oxygen atoms in total. The summed E-state index contributed by atoms with van der Waals surface area (Å²) >= 11 is 6.35. The highest BCUT2D eigenvalue weighted by atomic mass is 35.5. The second-order valence-electron chi connectivity index (χ2n) is 8.74. The van der Waals surface area contributed by atoms with Crippen molar-refractivity contribution in [3.63, 3.8) is 0 Å². The molecule has 0 saturated carbocycles. The highest BCUT2D eigenvalue weighted by molar-refractivity contribution is 7.92. The Balaban J connectivity index is 1.64. The van der Waals surface area contributed by atoms with E-state index in [1.54, 1.807) is 57.0 Å². The van der Waals surface area contributed by atoms with Gasteiger partial charge in [0.2, 0.25) is 11.9 Å². The predicted molar refractivity (Wildman–Crippen MR) is 140 cm³/mol. The normalized spacial score (nSPS) is 13.3. The molecule has 2 N–H and O–H groups in total. The van der Waals surface area contributed by atoms with Gasteiger partial charge in [-0.05, 0) is 55.7 Å². The second-order valence-corrected chi connectivity index (χ2v) is 11.6. The highest BCUT2D eigenvalue weighted by Gasteiger charge is 2.24. The lowest BCUT2D eigenvalue weighted by Crippen LogP contribution is -2.34. The van der Waals surface area contributed by atoms with Gasteiger partial charge >= 0.3 is 0 Å². The summed E-state index contributed by atoms with van der Waals surface area (Å²) < 4.78 is 31.2. The number of rotatable bonds is 7. The second kappa shape index (κ2) is 10.3. The first-order chi connectivity index (χ1) is 17.1. The van der Waals surface area contributed by atoms with Crippen molar-refractivity contribution < 1.29 is 17.9 Å². The molecule has 0 radical (unpaired) electrons. The van der Waals surface area contributed by atoms with Gasteiger partial charge in [0.05, 0.1) is 34.8 Å². The molecule has 1 aliphatic heterocycles. The molecule has 190 valence electrons. The summed E-state index contributed by atoms with van der Waals surface area (Å²) in [7, 11) is -1.96. The van der Waals surface area contributed by atoms with Crippen LogP contribution < -0.4 is 15.4 Å². The minimum Gasteiger partial charge on any atom is -0.495 e. The van der Waals surface area contributed by atoms with Crippen molar-refractivity contribution in [1.82, 2.24) is 14.9 Å². The van der Waals surface area contributed by atoms with E-state index < -0.39 is 15.1 Å². The van der Waals surface area contributed by atoms with Crippen molar-refractivity contribution in [3.05, 3.63) is 58.7 Å². The van der Waals surface area contributed by atoms with Gasteiger partial charge in [0.25, 0.3) is 0 Å². The van der Waals surface area contributed by atoms with E-state index in [1.165, 1.54) is 6.20 Å². The third-order valence-corrected chi connectivity index (χ3v) is 8.52. The number of nitrogens with zero attached hydrogens (tertiary/aromatic N) is 3. The fraction of sp³-hybridized carbons (Fsp3) is 0.320. The zero-order valence-electron chi connectivity index (χ0n) is 20.5. The molecule has 11 heteroatoms. The predicted octanol–water partition coefficient (Wildman–Crippen LogP) is 4.71. The molecule has 4 rings (SSSR count). The molecule has 0 atom stereocenters. The Morgan fingerprint density at radius 2 is 1.89 bits per heavy atom. The summed E-state index contributed by atoms with van der Waals surface area (Å²) in [6.45, 7) is 6.02. The Hall–Kier alpha value is -3.37. The minimum absolute atomic E-state index is 0.0409. The summed E-state index contributed by atoms with van der Waals surface area (Å²) in [5.74, 6) is 1.14. The van der Waals surface area contributed by atoms with Crippen molar-refractivity contribution >= 4 is 50.5 Å². The molecule has 2 aromatic carbocycles. The van der Waals surface area contributed by atoms with Crippen LogP contribution in [0.2, 0.25) is 5.02 Å². The minimum atomic E-state index is -3.53. The number of hydrogen-bond acceptors (Lipinski definition) is 8. The molecule has 36 heavy (non-hydrogen) atoms. The molecule has 0 fully saturated rings. The molecule has 3 aromatic rings. The Labute approximate surface area is 215 Å². The van der Waals surface area contributed by atoms with Gasteiger partial charge in [-0.25, -0.2) is 13.4 Å². The summed E-state index contributed by atoms with van der Waals surface area (Å²) in [5.41, 5.74) is 3.18. The van der Waals surface area contributed by atoms with Crippen molar-refractivity contribution in [2.75, 3.05) is 24.3 Å². The standard InChI is InChI=1S/C25H28ClN5O4S/c1-15(2)36(33,34)23-8-6-5-7-20(23)28-24-19(26)13-27-25(30-24)29-21-11-17-9-10-31(16(3)32)14-18(17)12-22(21)35-4/h5-8,11-13,15H,9-10,14H2,1-4H3,(H2,27,28,29,30). The third-order valence-electron chi connectivity index (χ3n) is 6.04. The average molecular weight is 530 g/mol. The molecule has 0 aliphatic carbocycles. The molecule has 1 amide bonds. The maximum absolute atomic E-state index is 12.8. The Kier molecular flexibility index (Phi) is 7.37. The van der Waals surface area contributed by atoms with Gasteiger partial charge in [-0.1, -0.05) is 23.7 Å². The van der Waals surface area contributed by atoms with Gasteiger partial charge in [-0.15, -0.1) is 0 Å². The van der Waals surface area contributed by atoms with E-state index in [0.717, 1.165) is 17.5 Å². The van der Waals surface area contributed by atoms with Crippen LogP contribution in [0.25, 0.3) is 0 Å². The van der Waals surface area contributed by atoms with Gasteiger partial charge in [0, 0.05) is 20.0 Å². The van der Waals surface area contributed by atoms with Crippen molar-refractivity contribution in [2.45, 2.75) is 43.9 Å². The van der Waals surface area contributed by atoms with Gasteiger partial charge in [0.15, 0.2) is 15.7 Å². The van der Waals surface area contributed by atoms with Crippen LogP contribution in [0, 0.1) is 0 Å². The number of fused-ring (bicyclic) bond motifs is 1. The zero-order valence-corrected chi connectivity index (χ0v) is 22.1. The number of nitrogens with one attached hydrogen (secondary N) is 2. The first-order valence-electron chi connectivity index (χ1n) is 11.4. The largest absolute Gasteiger partial charge is 0.495 e. The van der Waals surface area contributed by atoms with Crippen LogP contribution in [-0.2, 0) is 27.6 Å². The number of ether oxygens (including phenoxy) is 1. The topological polar surface area (TPSA) is 114 Å². The number of para-hydroxylation sites is 1. The highest BCUT2D eigenvalue weighted by Crippen LogP contribution is 2.34. The SMILES string of the molecule is COc1cc2c(cc1Nc1ncc(Cl)c(Nc3ccccc3S(=O)(=O)C(C)C)n1)CCN(C(C)=O)C2. The maximum Gasteiger partial charge on any atom is 0.229 e. The number of carbonyl (C=O) groups is 1. The van der Waals surface area contributed by atoms with Crippen LogP contribution in [0.5, 0.6) is 5.75 Å². The van der Waals surface area contributed by atoms with E-state index in [-0.39, 0.29) is 27.6 Å². The Morgan fingerprint density at radius 1 is 1.14 bits per heavy atom.